The fourth-order valence-corrected chi connectivity index (χ4v) is 3.40. The molecule has 0 saturated heterocycles. The molecule has 30 heavy (non-hydrogen) atoms. The van der Waals surface area contributed by atoms with Gasteiger partial charge in [-0.15, -0.1) is 13.2 Å². The Morgan fingerprint density at radius 1 is 1.03 bits per heavy atom. The van der Waals surface area contributed by atoms with Crippen LogP contribution in [0.5, 0.6) is 11.5 Å². The molecule has 2 aromatic carbocycles. The molecule has 1 fully saturated rings. The standard InChI is InChI=1S/C21H17F5N2O2/c22-16-3-1-12-10-27-8-7-14(12)15(16)11-28-18-5-6-19(18)29-13-2-4-17(23)20(9-13)30-21(24,25)26/h1-4,7-10,18-19,28H,5-6,11H2/t18-,19-/m1/s1. The lowest BCUT2D eigenvalue weighted by Crippen LogP contribution is -2.50. The number of halogens is 5. The lowest BCUT2D eigenvalue weighted by Gasteiger charge is -2.37. The molecule has 0 unspecified atom stereocenters. The van der Waals surface area contributed by atoms with Crippen LogP contribution in [-0.2, 0) is 6.54 Å². The molecule has 1 saturated carbocycles. The average molecular weight is 424 g/mol. The minimum Gasteiger partial charge on any atom is -0.489 e. The Bertz CT molecular complexity index is 1060. The third-order valence-electron chi connectivity index (χ3n) is 5.04. The van der Waals surface area contributed by atoms with E-state index in [1.165, 1.54) is 12.1 Å². The number of nitrogens with zero attached hydrogens (tertiary/aromatic N) is 1. The second kappa shape index (κ2) is 8.06. The number of hydrogen-bond acceptors (Lipinski definition) is 4. The summed E-state index contributed by atoms with van der Waals surface area (Å²) in [5, 5.41) is 4.80. The molecule has 1 aliphatic rings. The second-order valence-electron chi connectivity index (χ2n) is 6.98. The minimum absolute atomic E-state index is 0.0644. The van der Waals surface area contributed by atoms with Crippen LogP contribution in [0, 0.1) is 11.6 Å². The van der Waals surface area contributed by atoms with Gasteiger partial charge in [0.1, 0.15) is 17.7 Å². The van der Waals surface area contributed by atoms with Gasteiger partial charge in [0.05, 0.1) is 0 Å². The van der Waals surface area contributed by atoms with Gasteiger partial charge in [0.15, 0.2) is 11.6 Å². The van der Waals surface area contributed by atoms with E-state index in [0.29, 0.717) is 12.0 Å². The highest BCUT2D eigenvalue weighted by Gasteiger charge is 2.34. The van der Waals surface area contributed by atoms with Crippen molar-refractivity contribution < 1.29 is 31.4 Å². The molecule has 1 N–H and O–H groups in total. The van der Waals surface area contributed by atoms with Crippen molar-refractivity contribution in [3.8, 4) is 11.5 Å². The van der Waals surface area contributed by atoms with Crippen molar-refractivity contribution in [3.05, 3.63) is 66.0 Å². The van der Waals surface area contributed by atoms with Crippen LogP contribution in [0.4, 0.5) is 22.0 Å². The van der Waals surface area contributed by atoms with E-state index in [-0.39, 0.29) is 30.3 Å². The molecule has 4 nitrogen and oxygen atoms in total. The van der Waals surface area contributed by atoms with Gasteiger partial charge >= 0.3 is 6.36 Å². The molecule has 2 atom stereocenters. The number of rotatable bonds is 6. The predicted molar refractivity (Wildman–Crippen MR) is 99.1 cm³/mol. The lowest BCUT2D eigenvalue weighted by atomic mass is 9.88. The van der Waals surface area contributed by atoms with Crippen molar-refractivity contribution in [1.29, 1.82) is 0 Å². The highest BCUT2D eigenvalue weighted by atomic mass is 19.4. The molecular formula is C21H17F5N2O2. The zero-order valence-electron chi connectivity index (χ0n) is 15.5. The Hall–Kier alpha value is -2.94. The van der Waals surface area contributed by atoms with Crippen LogP contribution in [0.1, 0.15) is 18.4 Å². The summed E-state index contributed by atoms with van der Waals surface area (Å²) in [4.78, 5) is 4.03. The van der Waals surface area contributed by atoms with E-state index in [4.69, 9.17) is 4.74 Å². The molecule has 158 valence electrons. The van der Waals surface area contributed by atoms with Crippen molar-refractivity contribution >= 4 is 10.8 Å². The van der Waals surface area contributed by atoms with Gasteiger partial charge < -0.3 is 14.8 Å². The first-order chi connectivity index (χ1) is 14.3. The van der Waals surface area contributed by atoms with Gasteiger partial charge in [-0.1, -0.05) is 0 Å². The topological polar surface area (TPSA) is 43.4 Å². The molecule has 0 radical (unpaired) electrons. The number of pyridine rings is 1. The minimum atomic E-state index is -5.00. The van der Waals surface area contributed by atoms with E-state index >= 15 is 0 Å². The summed E-state index contributed by atoms with van der Waals surface area (Å²) in [5.41, 5.74) is 0.503. The summed E-state index contributed by atoms with van der Waals surface area (Å²) < 4.78 is 74.4. The SMILES string of the molecule is Fc1ccc(O[C@@H]2CC[C@H]2NCc2c(F)ccc3cnccc23)cc1OC(F)(F)F. The van der Waals surface area contributed by atoms with E-state index in [0.717, 1.165) is 29.3 Å². The molecular weight excluding hydrogens is 407 g/mol. The van der Waals surface area contributed by atoms with E-state index in [1.54, 1.807) is 24.5 Å². The number of fused-ring (bicyclic) bond motifs is 1. The Kier molecular flexibility index (Phi) is 5.46. The Morgan fingerprint density at radius 2 is 1.83 bits per heavy atom. The fourth-order valence-electron chi connectivity index (χ4n) is 3.40. The Labute approximate surface area is 168 Å². The van der Waals surface area contributed by atoms with Crippen LogP contribution in [0.2, 0.25) is 0 Å². The summed E-state index contributed by atoms with van der Waals surface area (Å²) in [6, 6.07) is 7.63. The van der Waals surface area contributed by atoms with Crippen LogP contribution >= 0.6 is 0 Å². The summed E-state index contributed by atoms with van der Waals surface area (Å²) in [6.07, 6.45) is -0.678. The molecule has 1 heterocycles. The second-order valence-corrected chi connectivity index (χ2v) is 6.98. The monoisotopic (exact) mass is 424 g/mol. The molecule has 0 bridgehead atoms. The van der Waals surface area contributed by atoms with Crippen molar-refractivity contribution in [1.82, 2.24) is 10.3 Å². The van der Waals surface area contributed by atoms with Crippen molar-refractivity contribution in [2.24, 2.45) is 0 Å². The van der Waals surface area contributed by atoms with Crippen LogP contribution in [0.3, 0.4) is 0 Å². The molecule has 3 aromatic rings. The quantitative estimate of drug-likeness (QED) is 0.559. The number of benzene rings is 2. The molecule has 1 aromatic heterocycles. The van der Waals surface area contributed by atoms with Gasteiger partial charge in [-0.05, 0) is 48.6 Å². The summed E-state index contributed by atoms with van der Waals surface area (Å²) in [5.74, 6) is -2.36. The molecule has 4 rings (SSSR count). The highest BCUT2D eigenvalue weighted by molar-refractivity contribution is 5.84. The third kappa shape index (κ3) is 4.46. The molecule has 0 aliphatic heterocycles. The largest absolute Gasteiger partial charge is 0.573 e. The molecule has 1 aliphatic carbocycles. The van der Waals surface area contributed by atoms with Gasteiger partial charge in [0.2, 0.25) is 0 Å². The lowest BCUT2D eigenvalue weighted by molar-refractivity contribution is -0.275. The van der Waals surface area contributed by atoms with E-state index < -0.39 is 17.9 Å². The van der Waals surface area contributed by atoms with Gasteiger partial charge in [0, 0.05) is 42.0 Å². The first-order valence-electron chi connectivity index (χ1n) is 9.26. The van der Waals surface area contributed by atoms with Gasteiger partial charge in [-0.25, -0.2) is 8.78 Å². The number of hydrogen-bond donors (Lipinski definition) is 1. The van der Waals surface area contributed by atoms with Crippen LogP contribution in [0.15, 0.2) is 48.8 Å². The summed E-state index contributed by atoms with van der Waals surface area (Å²) >= 11 is 0. The maximum absolute atomic E-state index is 14.3. The number of alkyl halides is 3. The van der Waals surface area contributed by atoms with Crippen LogP contribution in [0.25, 0.3) is 10.8 Å². The summed E-state index contributed by atoms with van der Waals surface area (Å²) in [7, 11) is 0. The van der Waals surface area contributed by atoms with Gasteiger partial charge in [-0.3, -0.25) is 4.98 Å². The Balaban J connectivity index is 1.42. The maximum atomic E-state index is 14.3. The Morgan fingerprint density at radius 3 is 2.57 bits per heavy atom. The van der Waals surface area contributed by atoms with Crippen molar-refractivity contribution in [2.75, 3.05) is 0 Å². The predicted octanol–water partition coefficient (Wildman–Crippen LogP) is 5.11. The first-order valence-corrected chi connectivity index (χ1v) is 9.26. The van der Waals surface area contributed by atoms with Gasteiger partial charge in [0.25, 0.3) is 0 Å². The first kappa shape index (κ1) is 20.3. The zero-order valence-corrected chi connectivity index (χ0v) is 15.5. The van der Waals surface area contributed by atoms with Gasteiger partial charge in [-0.2, -0.15) is 0 Å². The highest BCUT2D eigenvalue weighted by Crippen LogP contribution is 2.32. The number of ether oxygens (including phenoxy) is 2. The van der Waals surface area contributed by atoms with E-state index in [2.05, 4.69) is 15.0 Å². The zero-order chi connectivity index (χ0) is 21.3. The maximum Gasteiger partial charge on any atom is 0.573 e. The van der Waals surface area contributed by atoms with Crippen molar-refractivity contribution in [3.63, 3.8) is 0 Å². The summed E-state index contributed by atoms with van der Waals surface area (Å²) in [6.45, 7) is 0.254. The smallest absolute Gasteiger partial charge is 0.489 e. The average Bonchev–Trinajstić information content (AvgIpc) is 2.68. The molecule has 0 spiro atoms. The molecule has 9 heteroatoms. The fraction of sp³-hybridized carbons (Fsp3) is 0.286. The normalized spacial score (nSPS) is 18.8. The van der Waals surface area contributed by atoms with Crippen LogP contribution in [-0.4, -0.2) is 23.5 Å². The molecule has 0 amide bonds. The van der Waals surface area contributed by atoms with Crippen LogP contribution < -0.4 is 14.8 Å². The number of aromatic nitrogens is 1. The van der Waals surface area contributed by atoms with E-state index in [1.807, 2.05) is 0 Å². The van der Waals surface area contributed by atoms with E-state index in [9.17, 15) is 22.0 Å². The third-order valence-corrected chi connectivity index (χ3v) is 5.04. The number of nitrogens with one attached hydrogen (secondary N) is 1. The van der Waals surface area contributed by atoms with Crippen molar-refractivity contribution in [2.45, 2.75) is 37.9 Å².